The summed E-state index contributed by atoms with van der Waals surface area (Å²) in [6.45, 7) is 13.2. The highest BCUT2D eigenvalue weighted by Gasteiger charge is 2.38. The van der Waals surface area contributed by atoms with Crippen molar-refractivity contribution >= 4 is 0 Å². The first-order valence-corrected chi connectivity index (χ1v) is 10.3. The van der Waals surface area contributed by atoms with Gasteiger partial charge in [-0.05, 0) is 52.7 Å². The second-order valence-corrected chi connectivity index (χ2v) is 9.52. The number of benzene rings is 2. The standard InChI is InChI=1S/C25H34O4/c1-24(2,3)26-16-21-22(17-27-25(4,5)6)29-23(28-21)20-14-12-19(13-15-20)18-10-8-7-9-11-18/h7-15,21-23H,16-17H2,1-6H3/t21-,22-/m0/s1. The van der Waals surface area contributed by atoms with Crippen LogP contribution in [0.2, 0.25) is 0 Å². The number of hydrogen-bond acceptors (Lipinski definition) is 4. The number of ether oxygens (including phenoxy) is 4. The first-order chi connectivity index (χ1) is 13.6. The summed E-state index contributed by atoms with van der Waals surface area (Å²) >= 11 is 0. The van der Waals surface area contributed by atoms with Gasteiger partial charge < -0.3 is 18.9 Å². The highest BCUT2D eigenvalue weighted by molar-refractivity contribution is 5.63. The molecule has 1 saturated heterocycles. The van der Waals surface area contributed by atoms with Crippen molar-refractivity contribution in [2.75, 3.05) is 13.2 Å². The fraction of sp³-hybridized carbons (Fsp3) is 0.520. The van der Waals surface area contributed by atoms with Crippen LogP contribution in [0.25, 0.3) is 11.1 Å². The van der Waals surface area contributed by atoms with Crippen LogP contribution < -0.4 is 0 Å². The Bertz CT molecular complexity index is 730. The lowest BCUT2D eigenvalue weighted by molar-refractivity contribution is -0.0974. The molecule has 0 aliphatic carbocycles. The minimum Gasteiger partial charge on any atom is -0.373 e. The van der Waals surface area contributed by atoms with E-state index in [4.69, 9.17) is 18.9 Å². The van der Waals surface area contributed by atoms with Crippen molar-refractivity contribution in [3.8, 4) is 11.1 Å². The average molecular weight is 399 g/mol. The number of rotatable bonds is 6. The minimum atomic E-state index is -0.415. The molecule has 1 aliphatic heterocycles. The third-order valence-corrected chi connectivity index (χ3v) is 4.66. The monoisotopic (exact) mass is 398 g/mol. The predicted molar refractivity (Wildman–Crippen MR) is 116 cm³/mol. The smallest absolute Gasteiger partial charge is 0.184 e. The molecule has 4 heteroatoms. The van der Waals surface area contributed by atoms with Gasteiger partial charge in [0.2, 0.25) is 0 Å². The van der Waals surface area contributed by atoms with E-state index in [1.54, 1.807) is 0 Å². The second-order valence-electron chi connectivity index (χ2n) is 9.52. The molecule has 1 fully saturated rings. The molecule has 0 N–H and O–H groups in total. The predicted octanol–water partition coefficient (Wildman–Crippen LogP) is 5.77. The van der Waals surface area contributed by atoms with Crippen LogP contribution in [-0.4, -0.2) is 36.6 Å². The zero-order valence-electron chi connectivity index (χ0n) is 18.5. The summed E-state index contributed by atoms with van der Waals surface area (Å²) in [6.07, 6.45) is -0.757. The lowest BCUT2D eigenvalue weighted by Crippen LogP contribution is -2.37. The van der Waals surface area contributed by atoms with Gasteiger partial charge in [-0.15, -0.1) is 0 Å². The van der Waals surface area contributed by atoms with Crippen LogP contribution in [0.4, 0.5) is 0 Å². The average Bonchev–Trinajstić information content (AvgIpc) is 3.08. The maximum Gasteiger partial charge on any atom is 0.184 e. The van der Waals surface area contributed by atoms with Crippen molar-refractivity contribution in [2.45, 2.75) is 71.2 Å². The van der Waals surface area contributed by atoms with Crippen LogP contribution in [0, 0.1) is 0 Å². The maximum atomic E-state index is 6.24. The Morgan fingerprint density at radius 3 is 1.55 bits per heavy atom. The highest BCUT2D eigenvalue weighted by atomic mass is 16.7. The molecule has 158 valence electrons. The highest BCUT2D eigenvalue weighted by Crippen LogP contribution is 2.34. The summed E-state index contributed by atoms with van der Waals surface area (Å²) < 4.78 is 24.4. The van der Waals surface area contributed by atoms with E-state index in [-0.39, 0.29) is 23.4 Å². The fourth-order valence-corrected chi connectivity index (χ4v) is 3.10. The van der Waals surface area contributed by atoms with Gasteiger partial charge in [0.15, 0.2) is 6.29 Å². The van der Waals surface area contributed by atoms with Crippen molar-refractivity contribution in [3.63, 3.8) is 0 Å². The van der Waals surface area contributed by atoms with Crippen molar-refractivity contribution in [1.82, 2.24) is 0 Å². The molecular formula is C25H34O4. The molecule has 2 aromatic carbocycles. The first-order valence-electron chi connectivity index (χ1n) is 10.3. The van der Waals surface area contributed by atoms with Crippen molar-refractivity contribution in [1.29, 1.82) is 0 Å². The van der Waals surface area contributed by atoms with Crippen LogP contribution in [-0.2, 0) is 18.9 Å². The zero-order valence-corrected chi connectivity index (χ0v) is 18.5. The molecule has 4 nitrogen and oxygen atoms in total. The molecule has 2 aromatic rings. The molecule has 1 aliphatic rings. The summed E-state index contributed by atoms with van der Waals surface area (Å²) in [7, 11) is 0. The van der Waals surface area contributed by atoms with E-state index >= 15 is 0 Å². The largest absolute Gasteiger partial charge is 0.373 e. The molecule has 0 bridgehead atoms. The third-order valence-electron chi connectivity index (χ3n) is 4.66. The van der Waals surface area contributed by atoms with Gasteiger partial charge in [-0.2, -0.15) is 0 Å². The summed E-state index contributed by atoms with van der Waals surface area (Å²) in [5.74, 6) is 0. The third kappa shape index (κ3) is 6.65. The van der Waals surface area contributed by atoms with Gasteiger partial charge in [0.05, 0.1) is 24.4 Å². The second kappa shape index (κ2) is 8.97. The molecule has 29 heavy (non-hydrogen) atoms. The lowest BCUT2D eigenvalue weighted by atomic mass is 10.0. The van der Waals surface area contributed by atoms with Gasteiger partial charge in [-0.3, -0.25) is 0 Å². The Morgan fingerprint density at radius 1 is 0.655 bits per heavy atom. The molecule has 3 rings (SSSR count). The summed E-state index contributed by atoms with van der Waals surface area (Å²) in [6, 6.07) is 18.7. The van der Waals surface area contributed by atoms with Crippen molar-refractivity contribution in [2.24, 2.45) is 0 Å². The Labute approximate surface area is 175 Å². The Morgan fingerprint density at radius 2 is 1.10 bits per heavy atom. The number of hydrogen-bond donors (Lipinski definition) is 0. The van der Waals surface area contributed by atoms with E-state index < -0.39 is 6.29 Å². The summed E-state index contributed by atoms with van der Waals surface area (Å²) in [5.41, 5.74) is 2.92. The van der Waals surface area contributed by atoms with E-state index in [1.165, 1.54) is 11.1 Å². The lowest BCUT2D eigenvalue weighted by Gasteiger charge is -2.26. The molecule has 0 aromatic heterocycles. The molecule has 0 radical (unpaired) electrons. The molecule has 0 unspecified atom stereocenters. The Balaban J connectivity index is 1.70. The SMILES string of the molecule is CC(C)(C)OC[C@@H]1OC(c2ccc(-c3ccccc3)cc2)O[C@H]1COC(C)(C)C. The zero-order chi connectivity index (χ0) is 21.1. The van der Waals surface area contributed by atoms with Crippen LogP contribution >= 0.6 is 0 Å². The topological polar surface area (TPSA) is 36.9 Å². The van der Waals surface area contributed by atoms with Crippen LogP contribution in [0.3, 0.4) is 0 Å². The normalized spacial score (nSPS) is 20.9. The van der Waals surface area contributed by atoms with E-state index in [9.17, 15) is 0 Å². The molecule has 0 spiro atoms. The van der Waals surface area contributed by atoms with Gasteiger partial charge >= 0.3 is 0 Å². The van der Waals surface area contributed by atoms with E-state index in [1.807, 2.05) is 59.7 Å². The van der Waals surface area contributed by atoms with Gasteiger partial charge in [0.25, 0.3) is 0 Å². The van der Waals surface area contributed by atoms with Crippen LogP contribution in [0.15, 0.2) is 54.6 Å². The summed E-state index contributed by atoms with van der Waals surface area (Å²) in [5, 5.41) is 0. The van der Waals surface area contributed by atoms with Gasteiger partial charge in [-0.25, -0.2) is 0 Å². The quantitative estimate of drug-likeness (QED) is 0.619. The molecule has 2 atom stereocenters. The van der Waals surface area contributed by atoms with E-state index in [0.29, 0.717) is 13.2 Å². The van der Waals surface area contributed by atoms with Crippen molar-refractivity contribution in [3.05, 3.63) is 60.2 Å². The minimum absolute atomic E-state index is 0.171. The van der Waals surface area contributed by atoms with Gasteiger partial charge in [0, 0.05) is 5.56 Å². The summed E-state index contributed by atoms with van der Waals surface area (Å²) in [4.78, 5) is 0. The van der Waals surface area contributed by atoms with Gasteiger partial charge in [0.1, 0.15) is 12.2 Å². The van der Waals surface area contributed by atoms with Crippen LogP contribution in [0.5, 0.6) is 0 Å². The molecule has 1 heterocycles. The Hall–Kier alpha value is -1.72. The molecule has 0 amide bonds. The fourth-order valence-electron chi connectivity index (χ4n) is 3.10. The molecular weight excluding hydrogens is 364 g/mol. The first kappa shape index (κ1) is 22.0. The van der Waals surface area contributed by atoms with Crippen molar-refractivity contribution < 1.29 is 18.9 Å². The molecule has 0 saturated carbocycles. The van der Waals surface area contributed by atoms with Gasteiger partial charge in [-0.1, -0.05) is 54.6 Å². The Kier molecular flexibility index (Phi) is 6.79. The van der Waals surface area contributed by atoms with E-state index in [0.717, 1.165) is 5.56 Å². The maximum absolute atomic E-state index is 6.24. The van der Waals surface area contributed by atoms with E-state index in [2.05, 4.69) is 36.4 Å². The van der Waals surface area contributed by atoms with Crippen LogP contribution in [0.1, 0.15) is 53.4 Å².